The molecular formula is C28H27NO6. The number of likely N-dealkylation sites (tertiary alicyclic amines) is 1. The maximum absolute atomic E-state index is 13.4. The molecule has 0 aromatic heterocycles. The zero-order chi connectivity index (χ0) is 25.1. The fourth-order valence-corrected chi connectivity index (χ4v) is 4.50. The average molecular weight is 474 g/mol. The lowest BCUT2D eigenvalue weighted by atomic mass is 9.92. The van der Waals surface area contributed by atoms with E-state index in [0.29, 0.717) is 17.2 Å². The Balaban J connectivity index is 1.96. The Labute approximate surface area is 204 Å². The van der Waals surface area contributed by atoms with Crippen LogP contribution in [0.3, 0.4) is 0 Å². The summed E-state index contributed by atoms with van der Waals surface area (Å²) in [5.41, 5.74) is 2.54. The number of rotatable bonds is 7. The Morgan fingerprint density at radius 1 is 0.829 bits per heavy atom. The lowest BCUT2D eigenvalue weighted by Gasteiger charge is -2.27. The third kappa shape index (κ3) is 4.21. The summed E-state index contributed by atoms with van der Waals surface area (Å²) < 4.78 is 16.4. The van der Waals surface area contributed by atoms with Gasteiger partial charge in [0, 0.05) is 5.56 Å². The zero-order valence-electron chi connectivity index (χ0n) is 20.1. The highest BCUT2D eigenvalue weighted by Crippen LogP contribution is 2.45. The fourth-order valence-electron chi connectivity index (χ4n) is 4.50. The number of carbonyl (C=O) groups excluding carboxylic acids is 2. The van der Waals surface area contributed by atoms with Crippen LogP contribution in [0.25, 0.3) is 5.76 Å². The summed E-state index contributed by atoms with van der Waals surface area (Å²) in [6.07, 6.45) is 0. The van der Waals surface area contributed by atoms with Gasteiger partial charge in [0.05, 0.1) is 39.5 Å². The van der Waals surface area contributed by atoms with Gasteiger partial charge in [-0.2, -0.15) is 0 Å². The molecule has 4 rings (SSSR count). The van der Waals surface area contributed by atoms with Crippen molar-refractivity contribution in [3.05, 3.63) is 94.6 Å². The molecule has 7 heteroatoms. The van der Waals surface area contributed by atoms with Crippen LogP contribution >= 0.6 is 0 Å². The summed E-state index contributed by atoms with van der Waals surface area (Å²) in [5.74, 6) is -0.599. The van der Waals surface area contributed by atoms with E-state index in [4.69, 9.17) is 14.2 Å². The van der Waals surface area contributed by atoms with Crippen LogP contribution in [0.1, 0.15) is 28.3 Å². The third-order valence-electron chi connectivity index (χ3n) is 6.22. The third-order valence-corrected chi connectivity index (χ3v) is 6.22. The molecule has 1 heterocycles. The van der Waals surface area contributed by atoms with E-state index in [1.54, 1.807) is 31.4 Å². The van der Waals surface area contributed by atoms with Crippen LogP contribution in [0.5, 0.6) is 17.2 Å². The van der Waals surface area contributed by atoms with E-state index in [1.807, 2.05) is 49.4 Å². The molecular weight excluding hydrogens is 446 g/mol. The first-order valence-corrected chi connectivity index (χ1v) is 11.1. The largest absolute Gasteiger partial charge is 0.506 e. The monoisotopic (exact) mass is 473 g/mol. The standard InChI is InChI=1S/C28H27NO6/c1-17-10-5-7-12-19(17)25-24(26(30)23-21(34-3)14-9-15-22(23)35-4)27(31)28(32)29(25)16-18-11-6-8-13-20(18)33-2/h5-15,25,30H,16H2,1-4H3/b26-24+. The van der Waals surface area contributed by atoms with Crippen molar-refractivity contribution in [1.29, 1.82) is 0 Å². The number of Topliss-reactive ketones (excluding diaryl/α,β-unsaturated/α-hetero) is 1. The van der Waals surface area contributed by atoms with E-state index in [2.05, 4.69) is 0 Å². The first-order valence-electron chi connectivity index (χ1n) is 11.1. The minimum atomic E-state index is -0.823. The second-order valence-corrected chi connectivity index (χ2v) is 8.13. The second-order valence-electron chi connectivity index (χ2n) is 8.13. The van der Waals surface area contributed by atoms with Crippen molar-refractivity contribution < 1.29 is 28.9 Å². The van der Waals surface area contributed by atoms with Gasteiger partial charge in [-0.15, -0.1) is 0 Å². The fraction of sp³-hybridized carbons (Fsp3) is 0.214. The summed E-state index contributed by atoms with van der Waals surface area (Å²) in [5, 5.41) is 11.5. The van der Waals surface area contributed by atoms with Crippen molar-refractivity contribution in [2.75, 3.05) is 21.3 Å². The Kier molecular flexibility index (Phi) is 6.78. The van der Waals surface area contributed by atoms with Crippen molar-refractivity contribution in [2.45, 2.75) is 19.5 Å². The molecule has 7 nitrogen and oxygen atoms in total. The molecule has 3 aromatic rings. The molecule has 0 bridgehead atoms. The van der Waals surface area contributed by atoms with Gasteiger partial charge in [-0.1, -0.05) is 48.5 Å². The van der Waals surface area contributed by atoms with Crippen LogP contribution in [0, 0.1) is 6.92 Å². The number of aliphatic hydroxyl groups excluding tert-OH is 1. The number of ether oxygens (including phenoxy) is 3. The summed E-state index contributed by atoms with van der Waals surface area (Å²) in [4.78, 5) is 28.3. The van der Waals surface area contributed by atoms with Gasteiger partial charge in [-0.05, 0) is 36.2 Å². The Morgan fingerprint density at radius 2 is 1.40 bits per heavy atom. The molecule has 1 saturated heterocycles. The molecule has 35 heavy (non-hydrogen) atoms. The molecule has 1 aliphatic rings. The van der Waals surface area contributed by atoms with E-state index < -0.39 is 17.7 Å². The Hall–Kier alpha value is -4.26. The number of carbonyl (C=O) groups is 2. The molecule has 1 N–H and O–H groups in total. The van der Waals surface area contributed by atoms with Crippen molar-refractivity contribution in [3.63, 3.8) is 0 Å². The number of methoxy groups -OCH3 is 3. The molecule has 1 amide bonds. The molecule has 1 atom stereocenters. The number of hydrogen-bond acceptors (Lipinski definition) is 6. The van der Waals surface area contributed by atoms with Crippen LogP contribution in [-0.2, 0) is 16.1 Å². The highest BCUT2D eigenvalue weighted by Gasteiger charge is 2.47. The van der Waals surface area contributed by atoms with Gasteiger partial charge in [-0.25, -0.2) is 0 Å². The maximum Gasteiger partial charge on any atom is 0.295 e. The van der Waals surface area contributed by atoms with Crippen LogP contribution in [0.15, 0.2) is 72.3 Å². The summed E-state index contributed by atoms with van der Waals surface area (Å²) >= 11 is 0. The summed E-state index contributed by atoms with van der Waals surface area (Å²) in [6.45, 7) is 2.02. The van der Waals surface area contributed by atoms with E-state index in [1.165, 1.54) is 19.1 Å². The number of aryl methyl sites for hydroxylation is 1. The van der Waals surface area contributed by atoms with Crippen molar-refractivity contribution in [3.8, 4) is 17.2 Å². The number of nitrogens with zero attached hydrogens (tertiary/aromatic N) is 1. The van der Waals surface area contributed by atoms with E-state index in [-0.39, 0.29) is 23.4 Å². The van der Waals surface area contributed by atoms with Crippen LogP contribution in [-0.4, -0.2) is 43.0 Å². The molecule has 180 valence electrons. The van der Waals surface area contributed by atoms with Crippen molar-refractivity contribution >= 4 is 17.4 Å². The van der Waals surface area contributed by atoms with Crippen molar-refractivity contribution in [2.24, 2.45) is 0 Å². The normalized spacial score (nSPS) is 16.9. The molecule has 0 saturated carbocycles. The molecule has 0 radical (unpaired) electrons. The van der Waals surface area contributed by atoms with Crippen LogP contribution in [0.4, 0.5) is 0 Å². The summed E-state index contributed by atoms with van der Waals surface area (Å²) in [7, 11) is 4.48. The minimum Gasteiger partial charge on any atom is -0.506 e. The first-order chi connectivity index (χ1) is 16.9. The van der Waals surface area contributed by atoms with Gasteiger partial charge in [0.2, 0.25) is 0 Å². The van der Waals surface area contributed by atoms with Gasteiger partial charge in [0.25, 0.3) is 11.7 Å². The second kappa shape index (κ2) is 9.93. The van der Waals surface area contributed by atoms with E-state index in [0.717, 1.165) is 16.7 Å². The molecule has 3 aromatic carbocycles. The smallest absolute Gasteiger partial charge is 0.295 e. The van der Waals surface area contributed by atoms with Gasteiger partial charge in [-0.3, -0.25) is 9.59 Å². The van der Waals surface area contributed by atoms with Crippen molar-refractivity contribution in [1.82, 2.24) is 4.90 Å². The van der Waals surface area contributed by atoms with Gasteiger partial charge < -0.3 is 24.2 Å². The molecule has 0 aliphatic carbocycles. The van der Waals surface area contributed by atoms with E-state index in [9.17, 15) is 14.7 Å². The Morgan fingerprint density at radius 3 is 2.03 bits per heavy atom. The summed E-state index contributed by atoms with van der Waals surface area (Å²) in [6, 6.07) is 19.0. The lowest BCUT2D eigenvalue weighted by Crippen LogP contribution is -2.29. The number of hydrogen-bond donors (Lipinski definition) is 1. The molecule has 0 spiro atoms. The van der Waals surface area contributed by atoms with Crippen LogP contribution in [0.2, 0.25) is 0 Å². The quantitative estimate of drug-likeness (QED) is 0.306. The Bertz CT molecular complexity index is 1290. The number of amides is 1. The number of para-hydroxylation sites is 1. The number of aliphatic hydroxyl groups is 1. The highest BCUT2D eigenvalue weighted by atomic mass is 16.5. The lowest BCUT2D eigenvalue weighted by molar-refractivity contribution is -0.140. The number of benzene rings is 3. The predicted octanol–water partition coefficient (Wildman–Crippen LogP) is 4.64. The maximum atomic E-state index is 13.4. The minimum absolute atomic E-state index is 0.0259. The average Bonchev–Trinajstić information content (AvgIpc) is 3.13. The topological polar surface area (TPSA) is 85.3 Å². The highest BCUT2D eigenvalue weighted by molar-refractivity contribution is 6.46. The molecule has 1 fully saturated rings. The van der Waals surface area contributed by atoms with Gasteiger partial charge in [0.1, 0.15) is 28.6 Å². The predicted molar refractivity (Wildman–Crippen MR) is 132 cm³/mol. The van der Waals surface area contributed by atoms with Crippen LogP contribution < -0.4 is 14.2 Å². The molecule has 1 aliphatic heterocycles. The van der Waals surface area contributed by atoms with Gasteiger partial charge >= 0.3 is 0 Å². The van der Waals surface area contributed by atoms with E-state index >= 15 is 0 Å². The SMILES string of the molecule is COc1ccccc1CN1C(=O)C(=O)/C(=C(/O)c2c(OC)cccc2OC)C1c1ccccc1C. The first kappa shape index (κ1) is 23.9. The van der Waals surface area contributed by atoms with Gasteiger partial charge in [0.15, 0.2) is 0 Å². The zero-order valence-corrected chi connectivity index (χ0v) is 20.1. The number of ketones is 1. The molecule has 1 unspecified atom stereocenters.